The fourth-order valence-corrected chi connectivity index (χ4v) is 2.63. The molecule has 0 amide bonds. The third-order valence-electron chi connectivity index (χ3n) is 3.61. The molecule has 0 radical (unpaired) electrons. The van der Waals surface area contributed by atoms with Crippen molar-refractivity contribution in [2.24, 2.45) is 0 Å². The maximum Gasteiger partial charge on any atom is 0.203 e. The van der Waals surface area contributed by atoms with E-state index in [2.05, 4.69) is 33.0 Å². The second kappa shape index (κ2) is 7.50. The molecule has 108 valence electrons. The summed E-state index contributed by atoms with van der Waals surface area (Å²) in [4.78, 5) is 6.82. The van der Waals surface area contributed by atoms with Crippen LogP contribution < -0.4 is 5.32 Å². The number of hydrogen-bond acceptors (Lipinski definition) is 4. The largest absolute Gasteiger partial charge is 0.382 e. The molecule has 1 aliphatic heterocycles. The molecule has 1 saturated heterocycles. The van der Waals surface area contributed by atoms with Gasteiger partial charge in [-0.25, -0.2) is 4.98 Å². The van der Waals surface area contributed by atoms with Gasteiger partial charge in [-0.05, 0) is 39.8 Å². The number of anilines is 1. The van der Waals surface area contributed by atoms with Crippen molar-refractivity contribution in [3.8, 4) is 0 Å². The van der Waals surface area contributed by atoms with E-state index < -0.39 is 0 Å². The van der Waals surface area contributed by atoms with Crippen LogP contribution in [0.5, 0.6) is 0 Å². The molecule has 5 nitrogen and oxygen atoms in total. The number of likely N-dealkylation sites (tertiary alicyclic amines) is 1. The molecule has 1 aromatic heterocycles. The van der Waals surface area contributed by atoms with Crippen LogP contribution in [0.15, 0.2) is 12.4 Å². The number of nitrogens with one attached hydrogen (secondary N) is 1. The zero-order valence-corrected chi connectivity index (χ0v) is 12.1. The van der Waals surface area contributed by atoms with Gasteiger partial charge in [-0.15, -0.1) is 0 Å². The second-order valence-electron chi connectivity index (χ2n) is 5.19. The van der Waals surface area contributed by atoms with Crippen molar-refractivity contribution in [3.63, 3.8) is 0 Å². The number of ether oxygens (including phenoxy) is 1. The first-order valence-electron chi connectivity index (χ1n) is 7.34. The number of likely N-dealkylation sites (N-methyl/N-ethyl adjacent to an activating group) is 1. The zero-order chi connectivity index (χ0) is 13.5. The van der Waals surface area contributed by atoms with Gasteiger partial charge >= 0.3 is 0 Å². The lowest BCUT2D eigenvalue weighted by atomic mass is 10.1. The van der Waals surface area contributed by atoms with Crippen LogP contribution in [-0.4, -0.2) is 54.3 Å². The molecule has 0 aromatic carbocycles. The Morgan fingerprint density at radius 3 is 3.21 bits per heavy atom. The Kier molecular flexibility index (Phi) is 5.66. The predicted molar refractivity (Wildman–Crippen MR) is 77.6 cm³/mol. The van der Waals surface area contributed by atoms with Crippen molar-refractivity contribution >= 4 is 5.95 Å². The summed E-state index contributed by atoms with van der Waals surface area (Å²) in [5, 5.41) is 3.42. The molecule has 0 saturated carbocycles. The number of imidazole rings is 1. The molecule has 0 spiro atoms. The van der Waals surface area contributed by atoms with E-state index in [1.807, 2.05) is 13.1 Å². The Balaban J connectivity index is 1.83. The highest BCUT2D eigenvalue weighted by Gasteiger charge is 2.20. The Morgan fingerprint density at radius 1 is 1.53 bits per heavy atom. The number of aromatic nitrogens is 2. The second-order valence-corrected chi connectivity index (χ2v) is 5.19. The molecule has 0 bridgehead atoms. The van der Waals surface area contributed by atoms with Gasteiger partial charge in [-0.1, -0.05) is 0 Å². The van der Waals surface area contributed by atoms with Crippen molar-refractivity contribution in [2.75, 3.05) is 45.2 Å². The summed E-state index contributed by atoms with van der Waals surface area (Å²) in [6, 6.07) is 0.552. The zero-order valence-electron chi connectivity index (χ0n) is 12.1. The van der Waals surface area contributed by atoms with Crippen LogP contribution in [-0.2, 0) is 4.74 Å². The van der Waals surface area contributed by atoms with E-state index in [4.69, 9.17) is 4.74 Å². The van der Waals surface area contributed by atoms with Gasteiger partial charge in [0.15, 0.2) is 0 Å². The number of piperidine rings is 1. The van der Waals surface area contributed by atoms with Crippen molar-refractivity contribution in [1.29, 1.82) is 0 Å². The van der Waals surface area contributed by atoms with Crippen LogP contribution in [0.3, 0.4) is 0 Å². The minimum absolute atomic E-state index is 0.552. The van der Waals surface area contributed by atoms with E-state index in [-0.39, 0.29) is 0 Å². The van der Waals surface area contributed by atoms with Crippen molar-refractivity contribution in [1.82, 2.24) is 14.5 Å². The predicted octanol–water partition coefficient (Wildman–Crippen LogP) is 1.99. The molecule has 1 atom stereocenters. The van der Waals surface area contributed by atoms with Crippen molar-refractivity contribution < 1.29 is 4.74 Å². The molecule has 1 N–H and O–H groups in total. The van der Waals surface area contributed by atoms with Gasteiger partial charge in [-0.2, -0.15) is 0 Å². The van der Waals surface area contributed by atoms with Crippen molar-refractivity contribution in [2.45, 2.75) is 32.2 Å². The molecule has 2 rings (SSSR count). The van der Waals surface area contributed by atoms with E-state index in [0.29, 0.717) is 6.04 Å². The first-order valence-corrected chi connectivity index (χ1v) is 7.34. The standard InChI is InChI=1S/C14H26N4O/c1-3-19-11-5-7-15-14-16-8-10-18(14)13-6-4-9-17(2)12-13/h8,10,13H,3-7,9,11-12H2,1-2H3,(H,15,16). The van der Waals surface area contributed by atoms with Crippen LogP contribution in [0.2, 0.25) is 0 Å². The lowest BCUT2D eigenvalue weighted by Crippen LogP contribution is -2.33. The summed E-state index contributed by atoms with van der Waals surface area (Å²) in [5.41, 5.74) is 0. The number of nitrogens with zero attached hydrogens (tertiary/aromatic N) is 3. The summed E-state index contributed by atoms with van der Waals surface area (Å²) in [6.45, 7) is 6.88. The fraction of sp³-hybridized carbons (Fsp3) is 0.786. The maximum absolute atomic E-state index is 5.34. The van der Waals surface area contributed by atoms with E-state index in [1.165, 1.54) is 19.4 Å². The third-order valence-corrected chi connectivity index (χ3v) is 3.61. The van der Waals surface area contributed by atoms with Gasteiger partial charge in [0.05, 0.1) is 0 Å². The van der Waals surface area contributed by atoms with Gasteiger partial charge < -0.3 is 19.5 Å². The Morgan fingerprint density at radius 2 is 2.42 bits per heavy atom. The Bertz CT molecular complexity index is 366. The van der Waals surface area contributed by atoms with Gasteiger partial charge in [0.1, 0.15) is 0 Å². The number of rotatable bonds is 7. The van der Waals surface area contributed by atoms with Gasteiger partial charge in [0, 0.05) is 44.7 Å². The van der Waals surface area contributed by atoms with Crippen LogP contribution in [0.25, 0.3) is 0 Å². The van der Waals surface area contributed by atoms with Crippen molar-refractivity contribution in [3.05, 3.63) is 12.4 Å². The Hall–Kier alpha value is -1.07. The van der Waals surface area contributed by atoms with Crippen LogP contribution in [0.4, 0.5) is 5.95 Å². The number of hydrogen-bond donors (Lipinski definition) is 1. The molecule has 5 heteroatoms. The topological polar surface area (TPSA) is 42.3 Å². The fourth-order valence-electron chi connectivity index (χ4n) is 2.63. The molecular formula is C14H26N4O. The average Bonchev–Trinajstić information content (AvgIpc) is 2.87. The summed E-state index contributed by atoms with van der Waals surface area (Å²) >= 11 is 0. The molecule has 1 fully saturated rings. The van der Waals surface area contributed by atoms with Crippen LogP contribution >= 0.6 is 0 Å². The van der Waals surface area contributed by atoms with E-state index in [1.54, 1.807) is 0 Å². The first-order chi connectivity index (χ1) is 9.31. The molecule has 1 aromatic rings. The highest BCUT2D eigenvalue weighted by molar-refractivity contribution is 5.26. The van der Waals surface area contributed by atoms with E-state index in [9.17, 15) is 0 Å². The average molecular weight is 266 g/mol. The quantitative estimate of drug-likeness (QED) is 0.766. The Labute approximate surface area is 116 Å². The summed E-state index contributed by atoms with van der Waals surface area (Å²) < 4.78 is 7.63. The molecule has 1 aliphatic rings. The first kappa shape index (κ1) is 14.3. The lowest BCUT2D eigenvalue weighted by Gasteiger charge is -2.31. The molecule has 1 unspecified atom stereocenters. The highest BCUT2D eigenvalue weighted by atomic mass is 16.5. The minimum Gasteiger partial charge on any atom is -0.382 e. The van der Waals surface area contributed by atoms with Crippen LogP contribution in [0.1, 0.15) is 32.2 Å². The summed E-state index contributed by atoms with van der Waals surface area (Å²) in [7, 11) is 2.19. The van der Waals surface area contributed by atoms with Crippen LogP contribution in [0, 0.1) is 0 Å². The normalized spacial score (nSPS) is 20.6. The summed E-state index contributed by atoms with van der Waals surface area (Å²) in [5.74, 6) is 0.997. The minimum atomic E-state index is 0.552. The highest BCUT2D eigenvalue weighted by Crippen LogP contribution is 2.23. The van der Waals surface area contributed by atoms with E-state index in [0.717, 1.165) is 38.7 Å². The van der Waals surface area contributed by atoms with Gasteiger partial charge in [0.25, 0.3) is 0 Å². The molecule has 2 heterocycles. The monoisotopic (exact) mass is 266 g/mol. The molecule has 0 aliphatic carbocycles. The maximum atomic E-state index is 5.34. The third kappa shape index (κ3) is 4.21. The van der Waals surface area contributed by atoms with E-state index >= 15 is 0 Å². The molecular weight excluding hydrogens is 240 g/mol. The SMILES string of the molecule is CCOCCCNc1nccn1C1CCCN(C)C1. The van der Waals surface area contributed by atoms with Gasteiger partial charge in [0.2, 0.25) is 5.95 Å². The molecule has 19 heavy (non-hydrogen) atoms. The van der Waals surface area contributed by atoms with Gasteiger partial charge in [-0.3, -0.25) is 0 Å². The smallest absolute Gasteiger partial charge is 0.203 e. The summed E-state index contributed by atoms with van der Waals surface area (Å²) in [6.07, 6.45) is 7.51. The lowest BCUT2D eigenvalue weighted by molar-refractivity contribution is 0.147.